The highest BCUT2D eigenvalue weighted by molar-refractivity contribution is 8.12. The van der Waals surface area contributed by atoms with Gasteiger partial charge in [0.05, 0.1) is 0 Å². The summed E-state index contributed by atoms with van der Waals surface area (Å²) in [7, 11) is 1.59. The standard InChI is InChI=1S/C12H16ClNO2S/c13-17(15,16)14-10-12(8-4-5-9-12)11-6-2-1-3-7-11/h1-3,6-7,14H,4-5,8-10H2. The summed E-state index contributed by atoms with van der Waals surface area (Å²) in [6.45, 7) is 0.392. The van der Waals surface area contributed by atoms with E-state index in [4.69, 9.17) is 10.7 Å². The van der Waals surface area contributed by atoms with Crippen molar-refractivity contribution in [3.63, 3.8) is 0 Å². The number of rotatable bonds is 4. The molecule has 5 heteroatoms. The van der Waals surface area contributed by atoms with E-state index in [1.807, 2.05) is 18.2 Å². The van der Waals surface area contributed by atoms with E-state index < -0.39 is 9.24 Å². The molecule has 94 valence electrons. The van der Waals surface area contributed by atoms with Crippen LogP contribution in [-0.2, 0) is 14.7 Å². The van der Waals surface area contributed by atoms with Crippen LogP contribution in [0.2, 0.25) is 0 Å². The fourth-order valence-electron chi connectivity index (χ4n) is 2.64. The number of benzene rings is 1. The highest BCUT2D eigenvalue weighted by Gasteiger charge is 2.36. The molecule has 0 radical (unpaired) electrons. The van der Waals surface area contributed by atoms with Crippen molar-refractivity contribution in [2.24, 2.45) is 0 Å². The van der Waals surface area contributed by atoms with Gasteiger partial charge in [-0.1, -0.05) is 43.2 Å². The quantitative estimate of drug-likeness (QED) is 0.857. The molecule has 1 aliphatic carbocycles. The van der Waals surface area contributed by atoms with E-state index in [2.05, 4.69) is 16.9 Å². The minimum atomic E-state index is -3.64. The molecule has 1 N–H and O–H groups in total. The Morgan fingerprint density at radius 2 is 1.76 bits per heavy atom. The largest absolute Gasteiger partial charge is 0.297 e. The van der Waals surface area contributed by atoms with Crippen LogP contribution in [0, 0.1) is 0 Å². The van der Waals surface area contributed by atoms with E-state index in [1.165, 1.54) is 5.56 Å². The SMILES string of the molecule is O=S(=O)(Cl)NCC1(c2ccccc2)CCCC1. The van der Waals surface area contributed by atoms with Crippen LogP contribution in [-0.4, -0.2) is 15.0 Å². The molecule has 1 aliphatic rings. The van der Waals surface area contributed by atoms with Crippen molar-refractivity contribution in [3.8, 4) is 0 Å². The minimum absolute atomic E-state index is 0.0801. The summed E-state index contributed by atoms with van der Waals surface area (Å²) < 4.78 is 24.5. The molecule has 0 amide bonds. The fraction of sp³-hybridized carbons (Fsp3) is 0.500. The second-order valence-corrected chi connectivity index (χ2v) is 7.00. The first-order valence-corrected chi connectivity index (χ1v) is 8.08. The van der Waals surface area contributed by atoms with Crippen LogP contribution in [0.4, 0.5) is 0 Å². The lowest BCUT2D eigenvalue weighted by Gasteiger charge is -2.29. The van der Waals surface area contributed by atoms with Crippen molar-refractivity contribution < 1.29 is 8.42 Å². The van der Waals surface area contributed by atoms with Crippen LogP contribution < -0.4 is 4.72 Å². The lowest BCUT2D eigenvalue weighted by molar-refractivity contribution is 0.434. The summed E-state index contributed by atoms with van der Waals surface area (Å²) >= 11 is 0. The van der Waals surface area contributed by atoms with Gasteiger partial charge in [0, 0.05) is 22.6 Å². The van der Waals surface area contributed by atoms with Gasteiger partial charge in [-0.25, -0.2) is 4.72 Å². The summed E-state index contributed by atoms with van der Waals surface area (Å²) in [5, 5.41) is 0. The van der Waals surface area contributed by atoms with Gasteiger partial charge in [-0.05, 0) is 18.4 Å². The molecule has 0 heterocycles. The Kier molecular flexibility index (Phi) is 3.76. The Morgan fingerprint density at radius 1 is 1.18 bits per heavy atom. The summed E-state index contributed by atoms with van der Waals surface area (Å²) in [5.41, 5.74) is 1.12. The first-order chi connectivity index (χ1) is 8.02. The van der Waals surface area contributed by atoms with Gasteiger partial charge >= 0.3 is 0 Å². The third-order valence-corrected chi connectivity index (χ3v) is 4.35. The summed E-state index contributed by atoms with van der Waals surface area (Å²) in [5.74, 6) is 0. The number of hydrogen-bond acceptors (Lipinski definition) is 2. The van der Waals surface area contributed by atoms with Crippen LogP contribution >= 0.6 is 10.7 Å². The summed E-state index contributed by atoms with van der Waals surface area (Å²) in [6, 6.07) is 10.1. The summed E-state index contributed by atoms with van der Waals surface area (Å²) in [4.78, 5) is 0. The molecule has 0 bridgehead atoms. The van der Waals surface area contributed by atoms with E-state index in [1.54, 1.807) is 0 Å². The van der Waals surface area contributed by atoms with E-state index >= 15 is 0 Å². The van der Waals surface area contributed by atoms with Crippen molar-refractivity contribution in [3.05, 3.63) is 35.9 Å². The Labute approximate surface area is 107 Å². The van der Waals surface area contributed by atoms with Gasteiger partial charge in [0.2, 0.25) is 0 Å². The average molecular weight is 274 g/mol. The predicted molar refractivity (Wildman–Crippen MR) is 69.4 cm³/mol. The molecule has 0 saturated heterocycles. The summed E-state index contributed by atoms with van der Waals surface area (Å²) in [6.07, 6.45) is 4.30. The third-order valence-electron chi connectivity index (χ3n) is 3.53. The third kappa shape index (κ3) is 3.21. The average Bonchev–Trinajstić information content (AvgIpc) is 2.77. The molecule has 17 heavy (non-hydrogen) atoms. The van der Waals surface area contributed by atoms with Crippen molar-refractivity contribution in [1.29, 1.82) is 0 Å². The van der Waals surface area contributed by atoms with E-state index in [-0.39, 0.29) is 5.41 Å². The zero-order valence-corrected chi connectivity index (χ0v) is 11.1. The lowest BCUT2D eigenvalue weighted by Crippen LogP contribution is -2.37. The minimum Gasteiger partial charge on any atom is -0.201 e. The van der Waals surface area contributed by atoms with Gasteiger partial charge in [-0.2, -0.15) is 8.42 Å². The molecule has 1 fully saturated rings. The molecule has 0 atom stereocenters. The molecule has 0 aliphatic heterocycles. The maximum Gasteiger partial charge on any atom is 0.297 e. The molecule has 2 rings (SSSR count). The predicted octanol–water partition coefficient (Wildman–Crippen LogP) is 2.57. The molecule has 3 nitrogen and oxygen atoms in total. The monoisotopic (exact) mass is 273 g/mol. The van der Waals surface area contributed by atoms with Crippen molar-refractivity contribution in [2.75, 3.05) is 6.54 Å². The van der Waals surface area contributed by atoms with Gasteiger partial charge in [0.15, 0.2) is 0 Å². The van der Waals surface area contributed by atoms with Crippen molar-refractivity contribution >= 4 is 19.9 Å². The highest BCUT2D eigenvalue weighted by atomic mass is 35.7. The van der Waals surface area contributed by atoms with E-state index in [9.17, 15) is 8.42 Å². The zero-order chi connectivity index (χ0) is 12.4. The molecule has 0 aromatic heterocycles. The van der Waals surface area contributed by atoms with Crippen LogP contribution in [0.5, 0.6) is 0 Å². The Hall–Kier alpha value is -0.580. The second kappa shape index (κ2) is 4.96. The first kappa shape index (κ1) is 12.9. The zero-order valence-electron chi connectivity index (χ0n) is 9.52. The van der Waals surface area contributed by atoms with Crippen molar-refractivity contribution in [1.82, 2.24) is 4.72 Å². The molecule has 1 saturated carbocycles. The normalized spacial score (nSPS) is 19.4. The van der Waals surface area contributed by atoms with Crippen LogP contribution in [0.15, 0.2) is 30.3 Å². The Morgan fingerprint density at radius 3 is 2.29 bits per heavy atom. The fourth-order valence-corrected chi connectivity index (χ4v) is 3.25. The number of halogens is 1. The van der Waals surface area contributed by atoms with Crippen LogP contribution in [0.3, 0.4) is 0 Å². The Balaban J connectivity index is 2.22. The molecular weight excluding hydrogens is 258 g/mol. The number of hydrogen-bond donors (Lipinski definition) is 1. The van der Waals surface area contributed by atoms with Crippen molar-refractivity contribution in [2.45, 2.75) is 31.1 Å². The van der Waals surface area contributed by atoms with E-state index in [0.29, 0.717) is 6.54 Å². The topological polar surface area (TPSA) is 46.2 Å². The van der Waals surface area contributed by atoms with Gasteiger partial charge in [-0.3, -0.25) is 0 Å². The highest BCUT2D eigenvalue weighted by Crippen LogP contribution is 2.40. The maximum absolute atomic E-state index is 11.0. The van der Waals surface area contributed by atoms with Gasteiger partial charge in [0.1, 0.15) is 0 Å². The molecule has 1 aromatic rings. The maximum atomic E-state index is 11.0. The van der Waals surface area contributed by atoms with Gasteiger partial charge < -0.3 is 0 Å². The molecule has 0 spiro atoms. The lowest BCUT2D eigenvalue weighted by atomic mass is 9.79. The smallest absolute Gasteiger partial charge is 0.201 e. The van der Waals surface area contributed by atoms with E-state index in [0.717, 1.165) is 25.7 Å². The van der Waals surface area contributed by atoms with Gasteiger partial charge in [0.25, 0.3) is 9.24 Å². The first-order valence-electron chi connectivity index (χ1n) is 5.77. The molecular formula is C12H16ClNO2S. The second-order valence-electron chi connectivity index (χ2n) is 4.61. The van der Waals surface area contributed by atoms with Crippen LogP contribution in [0.25, 0.3) is 0 Å². The number of nitrogens with one attached hydrogen (secondary N) is 1. The molecule has 1 aromatic carbocycles. The Bertz CT molecular complexity index is 467. The van der Waals surface area contributed by atoms with Crippen LogP contribution in [0.1, 0.15) is 31.2 Å². The molecule has 0 unspecified atom stereocenters. The van der Waals surface area contributed by atoms with Gasteiger partial charge in [-0.15, -0.1) is 0 Å².